The van der Waals surface area contributed by atoms with Gasteiger partial charge >= 0.3 is 0 Å². The van der Waals surface area contributed by atoms with Crippen molar-refractivity contribution in [3.63, 3.8) is 0 Å². The fourth-order valence-corrected chi connectivity index (χ4v) is 1.51. The van der Waals surface area contributed by atoms with Crippen molar-refractivity contribution in [2.24, 2.45) is 7.05 Å². The third-order valence-electron chi connectivity index (χ3n) is 2.40. The first kappa shape index (κ1) is 11.3. The number of nitrogens with zero attached hydrogens (tertiary/aromatic N) is 2. The molecule has 2 aromatic rings. The molecule has 0 radical (unpaired) electrons. The largest absolute Gasteiger partial charge is 0.392 e. The molecule has 1 aromatic heterocycles. The molecule has 0 aliphatic heterocycles. The zero-order valence-electron chi connectivity index (χ0n) is 9.42. The Bertz CT molecular complexity index is 534. The Labute approximate surface area is 98.7 Å². The zero-order chi connectivity index (χ0) is 12.3. The standard InChI is InChI=1S/C12H13N3O2/c1-15-7-10(6-13-15)12(17)14-11-5-3-2-4-9(11)8-16/h2-7,16H,8H2,1H3,(H,14,17). The summed E-state index contributed by atoms with van der Waals surface area (Å²) < 4.78 is 1.56. The summed E-state index contributed by atoms with van der Waals surface area (Å²) in [5.74, 6) is -0.237. The molecule has 1 aromatic carbocycles. The number of nitrogens with one attached hydrogen (secondary N) is 1. The second-order valence-electron chi connectivity index (χ2n) is 3.67. The van der Waals surface area contributed by atoms with Crippen LogP contribution in [0.3, 0.4) is 0 Å². The van der Waals surface area contributed by atoms with E-state index in [0.29, 0.717) is 16.8 Å². The highest BCUT2D eigenvalue weighted by Gasteiger charge is 2.09. The molecule has 5 nitrogen and oxygen atoms in total. The van der Waals surface area contributed by atoms with Crippen molar-refractivity contribution in [3.8, 4) is 0 Å². The number of hydrogen-bond acceptors (Lipinski definition) is 3. The van der Waals surface area contributed by atoms with E-state index >= 15 is 0 Å². The molecule has 1 heterocycles. The van der Waals surface area contributed by atoms with E-state index in [-0.39, 0.29) is 12.5 Å². The van der Waals surface area contributed by atoms with Crippen LogP contribution in [0.5, 0.6) is 0 Å². The van der Waals surface area contributed by atoms with Crippen LogP contribution in [0.2, 0.25) is 0 Å². The van der Waals surface area contributed by atoms with Gasteiger partial charge in [-0.15, -0.1) is 0 Å². The Morgan fingerprint density at radius 1 is 1.47 bits per heavy atom. The van der Waals surface area contributed by atoms with Crippen LogP contribution >= 0.6 is 0 Å². The molecular weight excluding hydrogens is 218 g/mol. The van der Waals surface area contributed by atoms with Crippen molar-refractivity contribution in [1.29, 1.82) is 0 Å². The van der Waals surface area contributed by atoms with Crippen LogP contribution in [0, 0.1) is 0 Å². The van der Waals surface area contributed by atoms with Gasteiger partial charge < -0.3 is 10.4 Å². The van der Waals surface area contributed by atoms with Gasteiger partial charge in [0.15, 0.2) is 0 Å². The number of carbonyl (C=O) groups excluding carboxylic acids is 1. The molecule has 0 spiro atoms. The molecule has 5 heteroatoms. The lowest BCUT2D eigenvalue weighted by Crippen LogP contribution is -2.12. The number of carbonyl (C=O) groups is 1. The van der Waals surface area contributed by atoms with E-state index in [1.54, 1.807) is 36.1 Å². The number of rotatable bonds is 3. The Balaban J connectivity index is 2.18. The van der Waals surface area contributed by atoms with Gasteiger partial charge in [-0.2, -0.15) is 5.10 Å². The van der Waals surface area contributed by atoms with Gasteiger partial charge in [0, 0.05) is 24.5 Å². The lowest BCUT2D eigenvalue weighted by Gasteiger charge is -2.07. The summed E-state index contributed by atoms with van der Waals surface area (Å²) in [6, 6.07) is 7.13. The molecule has 2 rings (SSSR count). The van der Waals surface area contributed by atoms with Crippen LogP contribution in [0.4, 0.5) is 5.69 Å². The molecular formula is C12H13N3O2. The summed E-state index contributed by atoms with van der Waals surface area (Å²) in [6.45, 7) is -0.108. The molecule has 0 saturated carbocycles. The van der Waals surface area contributed by atoms with Gasteiger partial charge in [0.2, 0.25) is 0 Å². The molecule has 0 aliphatic carbocycles. The monoisotopic (exact) mass is 231 g/mol. The number of amides is 1. The number of aliphatic hydroxyl groups excluding tert-OH is 1. The molecule has 2 N–H and O–H groups in total. The number of aromatic nitrogens is 2. The average Bonchev–Trinajstić information content (AvgIpc) is 2.77. The van der Waals surface area contributed by atoms with E-state index in [1.807, 2.05) is 6.07 Å². The molecule has 0 atom stereocenters. The Morgan fingerprint density at radius 2 is 2.24 bits per heavy atom. The fraction of sp³-hybridized carbons (Fsp3) is 0.167. The van der Waals surface area contributed by atoms with Crippen molar-refractivity contribution in [2.45, 2.75) is 6.61 Å². The van der Waals surface area contributed by atoms with Crippen LogP contribution in [0.1, 0.15) is 15.9 Å². The first-order valence-corrected chi connectivity index (χ1v) is 5.19. The van der Waals surface area contributed by atoms with Crippen molar-refractivity contribution in [2.75, 3.05) is 5.32 Å². The highest BCUT2D eigenvalue weighted by atomic mass is 16.3. The van der Waals surface area contributed by atoms with E-state index in [4.69, 9.17) is 5.11 Å². The normalized spacial score (nSPS) is 10.2. The minimum Gasteiger partial charge on any atom is -0.392 e. The van der Waals surface area contributed by atoms with E-state index in [2.05, 4.69) is 10.4 Å². The van der Waals surface area contributed by atoms with E-state index < -0.39 is 0 Å². The quantitative estimate of drug-likeness (QED) is 0.833. The van der Waals surface area contributed by atoms with E-state index in [1.165, 1.54) is 6.20 Å². The number of benzene rings is 1. The maximum Gasteiger partial charge on any atom is 0.258 e. The van der Waals surface area contributed by atoms with Crippen molar-refractivity contribution < 1.29 is 9.90 Å². The summed E-state index contributed by atoms with van der Waals surface area (Å²) in [4.78, 5) is 11.8. The molecule has 0 unspecified atom stereocenters. The highest BCUT2D eigenvalue weighted by Crippen LogP contribution is 2.15. The molecule has 1 amide bonds. The topological polar surface area (TPSA) is 67.2 Å². The lowest BCUT2D eigenvalue weighted by atomic mass is 10.2. The van der Waals surface area contributed by atoms with Crippen LogP contribution in [-0.2, 0) is 13.7 Å². The van der Waals surface area contributed by atoms with Gasteiger partial charge in [-0.3, -0.25) is 9.48 Å². The highest BCUT2D eigenvalue weighted by molar-refractivity contribution is 6.04. The third kappa shape index (κ3) is 2.51. The summed E-state index contributed by atoms with van der Waals surface area (Å²) in [5.41, 5.74) is 1.79. The number of hydrogen-bond donors (Lipinski definition) is 2. The van der Waals surface area contributed by atoms with Gasteiger partial charge in [-0.1, -0.05) is 18.2 Å². The summed E-state index contributed by atoms with van der Waals surface area (Å²) in [7, 11) is 1.75. The molecule has 0 aliphatic rings. The van der Waals surface area contributed by atoms with Crippen LogP contribution in [0.15, 0.2) is 36.7 Å². The van der Waals surface area contributed by atoms with Crippen LogP contribution in [-0.4, -0.2) is 20.8 Å². The van der Waals surface area contributed by atoms with E-state index in [9.17, 15) is 4.79 Å². The molecule has 17 heavy (non-hydrogen) atoms. The molecule has 88 valence electrons. The first-order chi connectivity index (χ1) is 8.20. The van der Waals surface area contributed by atoms with Crippen molar-refractivity contribution in [1.82, 2.24) is 9.78 Å². The minimum absolute atomic E-state index is 0.108. The second kappa shape index (κ2) is 4.80. The first-order valence-electron chi connectivity index (χ1n) is 5.19. The van der Waals surface area contributed by atoms with Gasteiger partial charge in [0.1, 0.15) is 0 Å². The van der Waals surface area contributed by atoms with Gasteiger partial charge in [0.05, 0.1) is 18.4 Å². The number of aryl methyl sites for hydroxylation is 1. The molecule has 0 saturated heterocycles. The smallest absolute Gasteiger partial charge is 0.258 e. The second-order valence-corrected chi connectivity index (χ2v) is 3.67. The van der Waals surface area contributed by atoms with Gasteiger partial charge in [0.25, 0.3) is 5.91 Å². The van der Waals surface area contributed by atoms with Crippen molar-refractivity contribution >= 4 is 11.6 Å². The third-order valence-corrected chi connectivity index (χ3v) is 2.40. The van der Waals surface area contributed by atoms with Gasteiger partial charge in [-0.25, -0.2) is 0 Å². The number of para-hydroxylation sites is 1. The number of anilines is 1. The van der Waals surface area contributed by atoms with Crippen LogP contribution in [0.25, 0.3) is 0 Å². The lowest BCUT2D eigenvalue weighted by molar-refractivity contribution is 0.102. The summed E-state index contributed by atoms with van der Waals surface area (Å²) in [6.07, 6.45) is 3.13. The predicted octanol–water partition coefficient (Wildman–Crippen LogP) is 1.16. The Morgan fingerprint density at radius 3 is 2.88 bits per heavy atom. The Kier molecular flexibility index (Phi) is 3.20. The average molecular weight is 231 g/mol. The Hall–Kier alpha value is -2.14. The maximum absolute atomic E-state index is 11.8. The molecule has 0 fully saturated rings. The minimum atomic E-state index is -0.237. The molecule has 0 bridgehead atoms. The maximum atomic E-state index is 11.8. The SMILES string of the molecule is Cn1cc(C(=O)Nc2ccccc2CO)cn1. The number of aliphatic hydroxyl groups is 1. The summed E-state index contributed by atoms with van der Waals surface area (Å²) in [5, 5.41) is 15.8. The fourth-order valence-electron chi connectivity index (χ4n) is 1.51. The predicted molar refractivity (Wildman–Crippen MR) is 63.5 cm³/mol. The van der Waals surface area contributed by atoms with Crippen molar-refractivity contribution in [3.05, 3.63) is 47.8 Å². The van der Waals surface area contributed by atoms with Crippen LogP contribution < -0.4 is 5.32 Å². The van der Waals surface area contributed by atoms with E-state index in [0.717, 1.165) is 0 Å². The zero-order valence-corrected chi connectivity index (χ0v) is 9.42. The van der Waals surface area contributed by atoms with Gasteiger partial charge in [-0.05, 0) is 6.07 Å². The summed E-state index contributed by atoms with van der Waals surface area (Å²) >= 11 is 0.